The number of methoxy groups -OCH3 is 1. The third-order valence-corrected chi connectivity index (χ3v) is 2.72. The standard InChI is InChI=1S/C14H14FNO2/c1-9-6-7-11(16-8-9)14(17)10-4-3-5-12(18-2)13(10)15/h3-8,14,17H,1-2H3. The van der Waals surface area contributed by atoms with E-state index in [-0.39, 0.29) is 11.3 Å². The quantitative estimate of drug-likeness (QED) is 0.906. The second kappa shape index (κ2) is 5.14. The Morgan fingerprint density at radius 3 is 2.67 bits per heavy atom. The Labute approximate surface area is 105 Å². The van der Waals surface area contributed by atoms with Gasteiger partial charge in [0.2, 0.25) is 0 Å². The molecular formula is C14H14FNO2. The number of aryl methyl sites for hydroxylation is 1. The smallest absolute Gasteiger partial charge is 0.171 e. The maximum absolute atomic E-state index is 14.0. The minimum absolute atomic E-state index is 0.110. The highest BCUT2D eigenvalue weighted by Gasteiger charge is 2.18. The Morgan fingerprint density at radius 2 is 2.06 bits per heavy atom. The fraction of sp³-hybridized carbons (Fsp3) is 0.214. The van der Waals surface area contributed by atoms with Crippen molar-refractivity contribution in [3.63, 3.8) is 0 Å². The summed E-state index contributed by atoms with van der Waals surface area (Å²) in [5, 5.41) is 10.1. The van der Waals surface area contributed by atoms with E-state index in [0.29, 0.717) is 5.69 Å². The summed E-state index contributed by atoms with van der Waals surface area (Å²) in [7, 11) is 1.39. The first-order valence-electron chi connectivity index (χ1n) is 5.56. The molecule has 4 heteroatoms. The van der Waals surface area contributed by atoms with Gasteiger partial charge in [0.25, 0.3) is 0 Å². The van der Waals surface area contributed by atoms with Crippen LogP contribution in [-0.2, 0) is 0 Å². The molecule has 0 fully saturated rings. The molecule has 1 heterocycles. The maximum atomic E-state index is 14.0. The van der Waals surface area contributed by atoms with E-state index < -0.39 is 11.9 Å². The van der Waals surface area contributed by atoms with Gasteiger partial charge in [-0.05, 0) is 24.6 Å². The zero-order chi connectivity index (χ0) is 13.1. The van der Waals surface area contributed by atoms with Crippen LogP contribution < -0.4 is 4.74 Å². The summed E-state index contributed by atoms with van der Waals surface area (Å²) < 4.78 is 18.9. The minimum Gasteiger partial charge on any atom is -0.494 e. The van der Waals surface area contributed by atoms with Gasteiger partial charge in [-0.2, -0.15) is 0 Å². The van der Waals surface area contributed by atoms with Crippen LogP contribution in [0.15, 0.2) is 36.5 Å². The maximum Gasteiger partial charge on any atom is 0.171 e. The number of pyridine rings is 1. The van der Waals surface area contributed by atoms with Crippen molar-refractivity contribution in [2.24, 2.45) is 0 Å². The van der Waals surface area contributed by atoms with Gasteiger partial charge in [-0.15, -0.1) is 0 Å². The molecule has 0 amide bonds. The largest absolute Gasteiger partial charge is 0.494 e. The zero-order valence-electron chi connectivity index (χ0n) is 10.2. The van der Waals surface area contributed by atoms with Crippen molar-refractivity contribution >= 4 is 0 Å². The Hall–Kier alpha value is -1.94. The van der Waals surface area contributed by atoms with E-state index in [0.717, 1.165) is 5.56 Å². The number of hydrogen-bond acceptors (Lipinski definition) is 3. The topological polar surface area (TPSA) is 42.4 Å². The number of nitrogens with zero attached hydrogens (tertiary/aromatic N) is 1. The van der Waals surface area contributed by atoms with E-state index in [1.165, 1.54) is 19.2 Å². The molecule has 2 rings (SSSR count). The van der Waals surface area contributed by atoms with Crippen LogP contribution in [-0.4, -0.2) is 17.2 Å². The molecule has 1 aromatic carbocycles. The van der Waals surface area contributed by atoms with Crippen LogP contribution in [0.5, 0.6) is 5.75 Å². The van der Waals surface area contributed by atoms with Gasteiger partial charge >= 0.3 is 0 Å². The van der Waals surface area contributed by atoms with Crippen molar-refractivity contribution in [1.82, 2.24) is 4.98 Å². The molecule has 0 saturated carbocycles. The molecule has 1 N–H and O–H groups in total. The molecule has 0 aliphatic heterocycles. The number of aromatic nitrogens is 1. The molecule has 0 spiro atoms. The van der Waals surface area contributed by atoms with Gasteiger partial charge in [-0.25, -0.2) is 4.39 Å². The summed E-state index contributed by atoms with van der Waals surface area (Å²) in [6.07, 6.45) is 0.539. The van der Waals surface area contributed by atoms with Gasteiger partial charge in [0.1, 0.15) is 6.10 Å². The summed E-state index contributed by atoms with van der Waals surface area (Å²) >= 11 is 0. The summed E-state index contributed by atoms with van der Waals surface area (Å²) in [4.78, 5) is 4.09. The second-order valence-corrected chi connectivity index (χ2v) is 4.03. The van der Waals surface area contributed by atoms with Crippen LogP contribution in [0.3, 0.4) is 0 Å². The highest BCUT2D eigenvalue weighted by atomic mass is 19.1. The summed E-state index contributed by atoms with van der Waals surface area (Å²) in [5.41, 5.74) is 1.55. The van der Waals surface area contributed by atoms with Crippen LogP contribution in [0, 0.1) is 12.7 Å². The minimum atomic E-state index is -1.10. The van der Waals surface area contributed by atoms with Crippen molar-refractivity contribution in [3.8, 4) is 5.75 Å². The third-order valence-electron chi connectivity index (χ3n) is 2.72. The molecule has 0 aliphatic carbocycles. The summed E-state index contributed by atoms with van der Waals surface area (Å²) in [6, 6.07) is 8.16. The van der Waals surface area contributed by atoms with Crippen molar-refractivity contribution < 1.29 is 14.2 Å². The second-order valence-electron chi connectivity index (χ2n) is 4.03. The zero-order valence-corrected chi connectivity index (χ0v) is 10.2. The molecule has 3 nitrogen and oxygen atoms in total. The third kappa shape index (κ3) is 2.33. The molecule has 0 saturated heterocycles. The number of halogens is 1. The van der Waals surface area contributed by atoms with Crippen LogP contribution in [0.2, 0.25) is 0 Å². The lowest BCUT2D eigenvalue weighted by Crippen LogP contribution is -2.05. The molecule has 18 heavy (non-hydrogen) atoms. The van der Waals surface area contributed by atoms with Gasteiger partial charge in [0, 0.05) is 11.8 Å². The van der Waals surface area contributed by atoms with Crippen molar-refractivity contribution in [3.05, 3.63) is 59.2 Å². The van der Waals surface area contributed by atoms with Gasteiger partial charge in [-0.1, -0.05) is 18.2 Å². The molecule has 1 atom stereocenters. The molecule has 94 valence electrons. The van der Waals surface area contributed by atoms with Crippen molar-refractivity contribution in [2.75, 3.05) is 7.11 Å². The predicted molar refractivity (Wildman–Crippen MR) is 66.0 cm³/mol. The number of ether oxygens (including phenoxy) is 1. The fourth-order valence-corrected chi connectivity index (χ4v) is 1.70. The molecule has 1 aromatic heterocycles. The monoisotopic (exact) mass is 247 g/mol. The van der Waals surface area contributed by atoms with E-state index in [1.807, 2.05) is 13.0 Å². The summed E-state index contributed by atoms with van der Waals surface area (Å²) in [5.74, 6) is -0.450. The lowest BCUT2D eigenvalue weighted by atomic mass is 10.0. The number of hydrogen-bond donors (Lipinski definition) is 1. The molecular weight excluding hydrogens is 233 g/mol. The van der Waals surface area contributed by atoms with Gasteiger partial charge in [0.15, 0.2) is 11.6 Å². The number of aliphatic hydroxyl groups excluding tert-OH is 1. The average Bonchev–Trinajstić information content (AvgIpc) is 2.39. The van der Waals surface area contributed by atoms with Crippen molar-refractivity contribution in [1.29, 1.82) is 0 Å². The van der Waals surface area contributed by atoms with Crippen LogP contribution >= 0.6 is 0 Å². The van der Waals surface area contributed by atoms with E-state index in [4.69, 9.17) is 4.74 Å². The predicted octanol–water partition coefficient (Wildman–Crippen LogP) is 2.62. The Kier molecular flexibility index (Phi) is 3.58. The van der Waals surface area contributed by atoms with Crippen LogP contribution in [0.1, 0.15) is 22.9 Å². The highest BCUT2D eigenvalue weighted by molar-refractivity contribution is 5.35. The molecule has 0 bridgehead atoms. The van der Waals surface area contributed by atoms with Gasteiger partial charge in [-0.3, -0.25) is 4.98 Å². The lowest BCUT2D eigenvalue weighted by molar-refractivity contribution is 0.208. The first-order chi connectivity index (χ1) is 8.63. The Morgan fingerprint density at radius 1 is 1.28 bits per heavy atom. The Balaban J connectivity index is 2.39. The van der Waals surface area contributed by atoms with E-state index in [9.17, 15) is 9.50 Å². The normalized spacial score (nSPS) is 12.2. The SMILES string of the molecule is COc1cccc(C(O)c2ccc(C)cn2)c1F. The van der Waals surface area contributed by atoms with Gasteiger partial charge < -0.3 is 9.84 Å². The van der Waals surface area contributed by atoms with Crippen molar-refractivity contribution in [2.45, 2.75) is 13.0 Å². The lowest BCUT2D eigenvalue weighted by Gasteiger charge is -2.13. The van der Waals surface area contributed by atoms with Crippen LogP contribution in [0.4, 0.5) is 4.39 Å². The van der Waals surface area contributed by atoms with Gasteiger partial charge in [0.05, 0.1) is 12.8 Å². The molecule has 1 unspecified atom stereocenters. The van der Waals surface area contributed by atoms with E-state index in [1.54, 1.807) is 18.3 Å². The number of rotatable bonds is 3. The number of benzene rings is 1. The first-order valence-corrected chi connectivity index (χ1v) is 5.56. The van der Waals surface area contributed by atoms with Crippen LogP contribution in [0.25, 0.3) is 0 Å². The molecule has 0 radical (unpaired) electrons. The summed E-state index contributed by atoms with van der Waals surface area (Å²) in [6.45, 7) is 1.90. The fourth-order valence-electron chi connectivity index (χ4n) is 1.70. The molecule has 2 aromatic rings. The first kappa shape index (κ1) is 12.5. The average molecular weight is 247 g/mol. The van der Waals surface area contributed by atoms with E-state index >= 15 is 0 Å². The van der Waals surface area contributed by atoms with E-state index in [2.05, 4.69) is 4.98 Å². The Bertz CT molecular complexity index is 540. The highest BCUT2D eigenvalue weighted by Crippen LogP contribution is 2.28. The molecule has 0 aliphatic rings. The number of aliphatic hydroxyl groups is 1.